The number of amides is 6. The maximum atomic E-state index is 14.3. The monoisotopic (exact) mass is 1180 g/mol. The molecule has 0 saturated carbocycles. The third kappa shape index (κ3) is 21.0. The summed E-state index contributed by atoms with van der Waals surface area (Å²) in [4.78, 5) is 135. The Hall–Kier alpha value is -5.54. The van der Waals surface area contributed by atoms with Gasteiger partial charge in [0.2, 0.25) is 29.5 Å². The van der Waals surface area contributed by atoms with Gasteiger partial charge in [-0.2, -0.15) is 11.8 Å². The number of nitrogens with zero attached hydrogens (tertiary/aromatic N) is 4. The smallest absolute Gasteiger partial charge is 0.306 e. The van der Waals surface area contributed by atoms with Crippen LogP contribution in [0.4, 0.5) is 5.69 Å². The summed E-state index contributed by atoms with van der Waals surface area (Å²) < 4.78 is 5.81. The Kier molecular flexibility index (Phi) is 29.0. The molecule has 0 radical (unpaired) electrons. The van der Waals surface area contributed by atoms with Crippen LogP contribution in [0.25, 0.3) is 0 Å². The summed E-state index contributed by atoms with van der Waals surface area (Å²) in [6.45, 7) is 23.3. The highest BCUT2D eigenvalue weighted by molar-refractivity contribution is 8.00. The molecule has 1 aromatic carbocycles. The maximum Gasteiger partial charge on any atom is 0.306 e. The minimum atomic E-state index is -0.983. The number of carboxylic acid groups (broad SMARTS) is 1. The van der Waals surface area contributed by atoms with Crippen LogP contribution in [0, 0.1) is 35.5 Å². The van der Waals surface area contributed by atoms with Crippen molar-refractivity contribution < 1.29 is 57.8 Å². The predicted molar refractivity (Wildman–Crippen MR) is 321 cm³/mol. The van der Waals surface area contributed by atoms with E-state index in [4.69, 9.17) is 4.74 Å². The van der Waals surface area contributed by atoms with E-state index in [1.54, 1.807) is 36.4 Å². The molecule has 21 heteroatoms. The number of ether oxygens (including phenoxy) is 1. The number of likely N-dealkylation sites (tertiary alicyclic amines) is 2. The van der Waals surface area contributed by atoms with Crippen molar-refractivity contribution in [3.05, 3.63) is 45.9 Å². The number of carboxylic acids is 1. The molecule has 0 aliphatic carbocycles. The molecule has 2 aliphatic heterocycles. The summed E-state index contributed by atoms with van der Waals surface area (Å²) in [6.07, 6.45) is 7.80. The molecule has 1 aromatic heterocycles. The van der Waals surface area contributed by atoms with Gasteiger partial charge in [0.1, 0.15) is 10.7 Å². The third-order valence-corrected chi connectivity index (χ3v) is 18.3. The van der Waals surface area contributed by atoms with E-state index < -0.39 is 53.4 Å². The summed E-state index contributed by atoms with van der Waals surface area (Å²) in [5.41, 5.74) is 0.995. The van der Waals surface area contributed by atoms with Crippen LogP contribution < -0.4 is 16.0 Å². The van der Waals surface area contributed by atoms with E-state index in [2.05, 4.69) is 25.8 Å². The Labute approximate surface area is 495 Å². The van der Waals surface area contributed by atoms with Crippen molar-refractivity contribution in [1.29, 1.82) is 0 Å². The highest BCUT2D eigenvalue weighted by Crippen LogP contribution is 2.35. The van der Waals surface area contributed by atoms with Gasteiger partial charge >= 0.3 is 11.9 Å². The number of esters is 1. The van der Waals surface area contributed by atoms with Crippen molar-refractivity contribution in [1.82, 2.24) is 30.3 Å². The van der Waals surface area contributed by atoms with Crippen molar-refractivity contribution in [3.8, 4) is 0 Å². The Morgan fingerprint density at radius 2 is 1.56 bits per heavy atom. The molecule has 2 fully saturated rings. The number of carbonyl (C=O) groups excluding carboxylic acids is 9. The van der Waals surface area contributed by atoms with E-state index in [1.165, 1.54) is 41.8 Å². The Morgan fingerprint density at radius 3 is 2.09 bits per heavy atom. The maximum absolute atomic E-state index is 14.3. The van der Waals surface area contributed by atoms with E-state index in [-0.39, 0.29) is 101 Å². The van der Waals surface area contributed by atoms with Gasteiger partial charge in [-0.05, 0) is 114 Å². The molecule has 19 nitrogen and oxygen atoms in total. The van der Waals surface area contributed by atoms with Crippen molar-refractivity contribution in [3.63, 3.8) is 0 Å². The van der Waals surface area contributed by atoms with Gasteiger partial charge < -0.3 is 30.7 Å². The lowest BCUT2D eigenvalue weighted by atomic mass is 9.80. The average molecular weight is 1180 g/mol. The normalized spacial score (nSPS) is 19.2. The van der Waals surface area contributed by atoms with Gasteiger partial charge in [-0.25, -0.2) is 4.98 Å². The quantitative estimate of drug-likeness (QED) is 0.0303. The fraction of sp³-hybridized carbons (Fsp3) is 0.689. The lowest BCUT2D eigenvalue weighted by molar-refractivity contribution is -0.150. The lowest BCUT2D eigenvalue weighted by Crippen LogP contribution is -2.50. The summed E-state index contributed by atoms with van der Waals surface area (Å²) in [7, 11) is 3.71. The van der Waals surface area contributed by atoms with Crippen LogP contribution in [0.3, 0.4) is 0 Å². The SMILES string of the molecule is CC[C@@H](C)C(=O)Nc1ccc(C[C@@H](C[C@H](C)C(=O)O)NC(=O)c2csc([C@@H](C[C@H](C(C)C)N(C)C(=O)[C@@H](CC(=O)[C@@]3(C)CCCN3C)[C@@H](C)CC)OC(C)=O)n2)cc1.CSC1CC(=O)N(CCCCCC(=O)N[C@H](C(C)=O)C(C)C)C1=O. The highest BCUT2D eigenvalue weighted by atomic mass is 32.2. The van der Waals surface area contributed by atoms with E-state index in [0.717, 1.165) is 44.2 Å². The molecular formula is C61H95N7O12S2. The van der Waals surface area contributed by atoms with Crippen molar-refractivity contribution in [2.75, 3.05) is 38.8 Å². The average Bonchev–Trinajstić information content (AvgIpc) is 4.29. The first-order chi connectivity index (χ1) is 38.5. The van der Waals surface area contributed by atoms with Crippen LogP contribution in [0.15, 0.2) is 29.6 Å². The number of unbranched alkanes of at least 4 members (excludes halogenated alkanes) is 2. The first-order valence-electron chi connectivity index (χ1n) is 29.2. The topological polar surface area (TPSA) is 259 Å². The van der Waals surface area contributed by atoms with Gasteiger partial charge in [0.05, 0.1) is 22.7 Å². The molecule has 2 aliphatic rings. The van der Waals surface area contributed by atoms with Crippen LogP contribution >= 0.6 is 23.1 Å². The molecule has 2 saturated heterocycles. The minimum absolute atomic E-state index is 0.0323. The zero-order valence-electron chi connectivity index (χ0n) is 51.4. The van der Waals surface area contributed by atoms with E-state index in [9.17, 15) is 53.1 Å². The second-order valence-corrected chi connectivity index (χ2v) is 25.4. The van der Waals surface area contributed by atoms with E-state index in [0.29, 0.717) is 49.3 Å². The number of hydrogen-bond acceptors (Lipinski definition) is 15. The number of Topliss-reactive ketones (excluding diaryl/α,β-unsaturated/α-hetero) is 2. The number of nitrogens with one attached hydrogen (secondary N) is 3. The van der Waals surface area contributed by atoms with E-state index >= 15 is 0 Å². The number of benzene rings is 1. The van der Waals surface area contributed by atoms with Crippen LogP contribution in [0.5, 0.6) is 0 Å². The molecule has 10 atom stereocenters. The van der Waals surface area contributed by atoms with Gasteiger partial charge in [-0.15, -0.1) is 11.3 Å². The Morgan fingerprint density at radius 1 is 0.902 bits per heavy atom. The second kappa shape index (κ2) is 33.7. The number of thioether (sulfide) groups is 1. The van der Waals surface area contributed by atoms with Crippen LogP contribution in [0.2, 0.25) is 0 Å². The summed E-state index contributed by atoms with van der Waals surface area (Å²) >= 11 is 2.58. The van der Waals surface area contributed by atoms with Gasteiger partial charge in [-0.3, -0.25) is 57.7 Å². The number of thiazole rings is 1. The molecule has 1 unspecified atom stereocenters. The number of rotatable bonds is 32. The minimum Gasteiger partial charge on any atom is -0.481 e. The summed E-state index contributed by atoms with van der Waals surface area (Å²) in [5.74, 6) is -3.88. The zero-order chi connectivity index (χ0) is 61.8. The zero-order valence-corrected chi connectivity index (χ0v) is 53.0. The summed E-state index contributed by atoms with van der Waals surface area (Å²) in [5, 5.41) is 20.1. The van der Waals surface area contributed by atoms with Crippen molar-refractivity contribution in [2.24, 2.45) is 35.5 Å². The molecule has 2 aromatic rings. The molecule has 458 valence electrons. The number of ketones is 2. The lowest BCUT2D eigenvalue weighted by Gasteiger charge is -2.38. The summed E-state index contributed by atoms with van der Waals surface area (Å²) in [6, 6.07) is 5.87. The van der Waals surface area contributed by atoms with Crippen LogP contribution in [-0.4, -0.2) is 146 Å². The third-order valence-electron chi connectivity index (χ3n) is 16.4. The van der Waals surface area contributed by atoms with Crippen LogP contribution in [0.1, 0.15) is 187 Å². The molecule has 0 bridgehead atoms. The molecule has 4 N–H and O–H groups in total. The molecular weight excluding hydrogens is 1090 g/mol. The fourth-order valence-corrected chi connectivity index (χ4v) is 11.9. The van der Waals surface area contributed by atoms with E-state index in [1.807, 2.05) is 87.7 Å². The van der Waals surface area contributed by atoms with Gasteiger partial charge in [0.15, 0.2) is 17.7 Å². The number of aromatic nitrogens is 1. The second-order valence-electron chi connectivity index (χ2n) is 23.5. The number of hydrogen-bond donors (Lipinski definition) is 4. The Bertz CT molecular complexity index is 2500. The molecule has 6 amide bonds. The first-order valence-corrected chi connectivity index (χ1v) is 31.4. The van der Waals surface area contributed by atoms with Gasteiger partial charge in [-0.1, -0.05) is 87.3 Å². The fourth-order valence-electron chi connectivity index (χ4n) is 10.4. The number of carbonyl (C=O) groups is 10. The van der Waals surface area contributed by atoms with Gasteiger partial charge in [0.25, 0.3) is 5.91 Å². The molecule has 4 rings (SSSR count). The molecule has 0 spiro atoms. The van der Waals surface area contributed by atoms with Crippen LogP contribution in [-0.2, 0) is 54.3 Å². The number of likely N-dealkylation sites (N-methyl/N-ethyl adjacent to an activating group) is 1. The van der Waals surface area contributed by atoms with Crippen molar-refractivity contribution in [2.45, 2.75) is 202 Å². The molecule has 3 heterocycles. The van der Waals surface area contributed by atoms with Crippen molar-refractivity contribution >= 4 is 87.7 Å². The van der Waals surface area contributed by atoms with Gasteiger partial charge in [0, 0.05) is 81.2 Å². The number of aliphatic carboxylic acids is 1. The largest absolute Gasteiger partial charge is 0.481 e. The number of anilines is 1. The highest BCUT2D eigenvalue weighted by Gasteiger charge is 2.44. The Balaban J connectivity index is 0.000000612. The molecule has 82 heavy (non-hydrogen) atoms. The first kappa shape index (κ1) is 70.7. The standard InChI is InChI=1S/C44H67N5O8S.C17H28N2O4S/c1-12-27(5)34(23-38(51)44(9)19-14-20-48(44)10)42(54)49(11)36(26(3)4)24-37(57-30(8)50)41-47-35(25-58-41)40(53)46-33(21-29(7)43(55)56)22-31-15-17-32(18-16-31)45-39(52)28(6)13-2;1-11(2)16(12(3)20)18-14(21)8-6-5-7-9-19-15(22)10-13(24-4)17(19)23/h15-18,25-29,33-34,36-37H,12-14,19-24H2,1-11H3,(H,45,52)(H,46,53)(H,55,56);11,13,16H,5-10H2,1-4H3,(H,18,21)/t27-,28+,29-,33+,34-,36+,37+,44+;13?,16-/m00/s1. The number of imide groups is 1. The predicted octanol–water partition coefficient (Wildman–Crippen LogP) is 8.93.